The van der Waals surface area contributed by atoms with E-state index in [1.165, 1.54) is 18.2 Å². The van der Waals surface area contributed by atoms with Gasteiger partial charge in [-0.15, -0.1) is 0 Å². The van der Waals surface area contributed by atoms with E-state index in [4.69, 9.17) is 5.73 Å². The molecule has 0 aliphatic heterocycles. The van der Waals surface area contributed by atoms with Gasteiger partial charge in [0.1, 0.15) is 11.6 Å². The number of thioether (sulfide) groups is 1. The Morgan fingerprint density at radius 1 is 1.53 bits per heavy atom. The molecule has 0 radical (unpaired) electrons. The fraction of sp³-hybridized carbons (Fsp3) is 0.600. The van der Waals surface area contributed by atoms with E-state index in [1.54, 1.807) is 6.07 Å². The van der Waals surface area contributed by atoms with Crippen molar-refractivity contribution in [2.45, 2.75) is 31.5 Å². The Morgan fingerprint density at radius 3 is 2.73 bits per heavy atom. The summed E-state index contributed by atoms with van der Waals surface area (Å²) in [5.74, 6) is 1.36. The molecule has 0 saturated heterocycles. The molecule has 1 unspecified atom stereocenters. The molecule has 4 nitrogen and oxygen atoms in total. The second-order valence-corrected chi connectivity index (χ2v) is 5.33. The van der Waals surface area contributed by atoms with Crippen LogP contribution in [0.5, 0.6) is 0 Å². The summed E-state index contributed by atoms with van der Waals surface area (Å²) in [6, 6.07) is 2.30. The molecule has 1 aromatic heterocycles. The van der Waals surface area contributed by atoms with Gasteiger partial charge in [-0.1, -0.05) is 25.6 Å². The van der Waals surface area contributed by atoms with Crippen LogP contribution in [0.2, 0.25) is 0 Å². The van der Waals surface area contributed by atoms with Crippen LogP contribution in [0.4, 0.5) is 11.6 Å². The largest absolute Gasteiger partial charge is 0.383 e. The van der Waals surface area contributed by atoms with Gasteiger partial charge >= 0.3 is 0 Å². The van der Waals surface area contributed by atoms with Gasteiger partial charge in [0.2, 0.25) is 0 Å². The second-order valence-electron chi connectivity index (χ2n) is 4.55. The van der Waals surface area contributed by atoms with Crippen LogP contribution in [-0.2, 0) is 0 Å². The van der Waals surface area contributed by atoms with Gasteiger partial charge in [0, 0.05) is 12.1 Å². The number of nitrogen functional groups attached to an aromatic ring is 1. The lowest BCUT2D eigenvalue weighted by atomic mass is 10.2. The third kappa shape index (κ3) is 2.34. The zero-order valence-corrected chi connectivity index (χ0v) is 10.1. The number of nitrogens with zero attached hydrogens (tertiary/aromatic N) is 2. The maximum Gasteiger partial charge on any atom is 0.191 e. The molecule has 1 aliphatic carbocycles. The van der Waals surface area contributed by atoms with E-state index in [0.717, 1.165) is 11.0 Å². The number of aromatic nitrogens is 2. The average molecular weight is 224 g/mol. The molecule has 5 heteroatoms. The molecule has 0 bridgehead atoms. The van der Waals surface area contributed by atoms with Crippen LogP contribution in [-0.4, -0.2) is 22.3 Å². The van der Waals surface area contributed by atoms with Gasteiger partial charge < -0.3 is 11.1 Å². The van der Waals surface area contributed by atoms with E-state index in [1.807, 2.05) is 6.26 Å². The minimum Gasteiger partial charge on any atom is -0.383 e. The Hall–Kier alpha value is -0.970. The lowest BCUT2D eigenvalue weighted by Crippen LogP contribution is -2.10. The first-order valence-electron chi connectivity index (χ1n) is 4.96. The first-order valence-corrected chi connectivity index (χ1v) is 6.19. The number of hydrogen-bond donors (Lipinski definition) is 2. The van der Waals surface area contributed by atoms with Crippen LogP contribution in [0.3, 0.4) is 0 Å². The molecule has 1 fully saturated rings. The number of nitrogens with one attached hydrogen (secondary N) is 1. The van der Waals surface area contributed by atoms with Crippen LogP contribution in [0, 0.1) is 5.41 Å². The van der Waals surface area contributed by atoms with Crippen LogP contribution in [0.25, 0.3) is 0 Å². The van der Waals surface area contributed by atoms with Crippen molar-refractivity contribution in [1.29, 1.82) is 0 Å². The van der Waals surface area contributed by atoms with Crippen molar-refractivity contribution in [3.8, 4) is 0 Å². The van der Waals surface area contributed by atoms with Gasteiger partial charge in [0.05, 0.1) is 0 Å². The predicted molar refractivity (Wildman–Crippen MR) is 64.0 cm³/mol. The number of hydrogen-bond acceptors (Lipinski definition) is 5. The molecule has 0 aromatic carbocycles. The molecule has 1 atom stereocenters. The Morgan fingerprint density at radius 2 is 2.20 bits per heavy atom. The van der Waals surface area contributed by atoms with Gasteiger partial charge in [-0.05, 0) is 18.1 Å². The zero-order valence-electron chi connectivity index (χ0n) is 9.24. The summed E-state index contributed by atoms with van der Waals surface area (Å²) in [5, 5.41) is 4.10. The third-order valence-electron chi connectivity index (χ3n) is 2.74. The van der Waals surface area contributed by atoms with Crippen LogP contribution < -0.4 is 11.1 Å². The lowest BCUT2D eigenvalue weighted by Gasteiger charge is -2.08. The molecule has 0 spiro atoms. The molecule has 15 heavy (non-hydrogen) atoms. The highest BCUT2D eigenvalue weighted by Gasteiger charge is 2.45. The van der Waals surface area contributed by atoms with Gasteiger partial charge in [0.15, 0.2) is 5.16 Å². The van der Waals surface area contributed by atoms with Crippen molar-refractivity contribution in [3.63, 3.8) is 0 Å². The SMILES string of the molecule is CSc1nc(N)cc(NC2CC2(C)C)n1. The van der Waals surface area contributed by atoms with Gasteiger partial charge in [0.25, 0.3) is 0 Å². The normalized spacial score (nSPS) is 22.5. The molecule has 1 saturated carbocycles. The van der Waals surface area contributed by atoms with Gasteiger partial charge in [-0.25, -0.2) is 9.97 Å². The molecule has 1 aromatic rings. The molecule has 82 valence electrons. The molecular formula is C10H16N4S. The van der Waals surface area contributed by atoms with Crippen molar-refractivity contribution >= 4 is 23.4 Å². The molecule has 1 heterocycles. The third-order valence-corrected chi connectivity index (χ3v) is 3.29. The van der Waals surface area contributed by atoms with Crippen molar-refractivity contribution in [1.82, 2.24) is 9.97 Å². The fourth-order valence-electron chi connectivity index (χ4n) is 1.50. The minimum absolute atomic E-state index is 0.388. The molecular weight excluding hydrogens is 208 g/mol. The van der Waals surface area contributed by atoms with Crippen molar-refractivity contribution in [2.75, 3.05) is 17.3 Å². The van der Waals surface area contributed by atoms with Crippen LogP contribution >= 0.6 is 11.8 Å². The molecule has 3 N–H and O–H groups in total. The first kappa shape index (κ1) is 10.5. The van der Waals surface area contributed by atoms with E-state index in [2.05, 4.69) is 29.1 Å². The van der Waals surface area contributed by atoms with Crippen molar-refractivity contribution in [3.05, 3.63) is 6.07 Å². The fourth-order valence-corrected chi connectivity index (χ4v) is 1.89. The van der Waals surface area contributed by atoms with Crippen LogP contribution in [0.1, 0.15) is 20.3 Å². The lowest BCUT2D eigenvalue weighted by molar-refractivity contribution is 0.629. The smallest absolute Gasteiger partial charge is 0.191 e. The Kier molecular flexibility index (Phi) is 2.50. The molecule has 0 amide bonds. The summed E-state index contributed by atoms with van der Waals surface area (Å²) in [5.41, 5.74) is 6.08. The molecule has 1 aliphatic rings. The van der Waals surface area contributed by atoms with E-state index in [0.29, 0.717) is 17.3 Å². The monoisotopic (exact) mass is 224 g/mol. The van der Waals surface area contributed by atoms with Gasteiger partial charge in [-0.3, -0.25) is 0 Å². The van der Waals surface area contributed by atoms with E-state index in [-0.39, 0.29) is 0 Å². The topological polar surface area (TPSA) is 63.8 Å². The first-order chi connectivity index (χ1) is 7.01. The van der Waals surface area contributed by atoms with Crippen molar-refractivity contribution < 1.29 is 0 Å². The zero-order chi connectivity index (χ0) is 11.1. The summed E-state index contributed by atoms with van der Waals surface area (Å²) in [4.78, 5) is 8.46. The number of anilines is 2. The second kappa shape index (κ2) is 3.56. The minimum atomic E-state index is 0.388. The summed E-state index contributed by atoms with van der Waals surface area (Å²) in [6.45, 7) is 4.48. The summed E-state index contributed by atoms with van der Waals surface area (Å²) < 4.78 is 0. The maximum atomic E-state index is 5.69. The summed E-state index contributed by atoms with van der Waals surface area (Å²) >= 11 is 1.50. The highest BCUT2D eigenvalue weighted by molar-refractivity contribution is 7.98. The highest BCUT2D eigenvalue weighted by atomic mass is 32.2. The van der Waals surface area contributed by atoms with E-state index >= 15 is 0 Å². The van der Waals surface area contributed by atoms with Crippen molar-refractivity contribution in [2.24, 2.45) is 5.41 Å². The number of rotatable bonds is 3. The van der Waals surface area contributed by atoms with E-state index < -0.39 is 0 Å². The highest BCUT2D eigenvalue weighted by Crippen LogP contribution is 2.46. The van der Waals surface area contributed by atoms with Crippen LogP contribution in [0.15, 0.2) is 11.2 Å². The maximum absolute atomic E-state index is 5.69. The Balaban J connectivity index is 2.11. The number of nitrogens with two attached hydrogens (primary N) is 1. The Bertz CT molecular complexity index is 378. The quantitative estimate of drug-likeness (QED) is 0.607. The average Bonchev–Trinajstić information content (AvgIpc) is 2.72. The van der Waals surface area contributed by atoms with Gasteiger partial charge in [-0.2, -0.15) is 0 Å². The molecule has 2 rings (SSSR count). The van der Waals surface area contributed by atoms with E-state index in [9.17, 15) is 0 Å². The standard InChI is InChI=1S/C10H16N4S/c1-10(2)5-6(10)12-8-4-7(11)13-9(14-8)15-3/h4,6H,5H2,1-3H3,(H3,11,12,13,14). The predicted octanol–water partition coefficient (Wildman–Crippen LogP) is 1.99. The Labute approximate surface area is 94.1 Å². The summed E-state index contributed by atoms with van der Waals surface area (Å²) in [7, 11) is 0. The summed E-state index contributed by atoms with van der Waals surface area (Å²) in [6.07, 6.45) is 3.13.